The number of hydrogen-bond acceptors (Lipinski definition) is 7. The number of rotatable bonds is 4. The largest absolute Gasteiger partial charge is 0.493 e. The molecule has 26 heavy (non-hydrogen) atoms. The Morgan fingerprint density at radius 1 is 1.08 bits per heavy atom. The number of methoxy groups -OCH3 is 1. The van der Waals surface area contributed by atoms with Crippen LogP contribution in [0.2, 0.25) is 0 Å². The highest BCUT2D eigenvalue weighted by Crippen LogP contribution is 2.48. The van der Waals surface area contributed by atoms with Crippen LogP contribution < -0.4 is 9.47 Å². The Bertz CT molecular complexity index is 967. The third kappa shape index (κ3) is 2.86. The summed E-state index contributed by atoms with van der Waals surface area (Å²) in [5.41, 5.74) is 2.65. The summed E-state index contributed by atoms with van der Waals surface area (Å²) in [5, 5.41) is 1.08. The number of ether oxygens (including phenoxy) is 2. The van der Waals surface area contributed by atoms with Crippen LogP contribution in [0.15, 0.2) is 24.5 Å². The minimum absolute atomic E-state index is 0.490. The van der Waals surface area contributed by atoms with Gasteiger partial charge in [0.2, 0.25) is 5.88 Å². The summed E-state index contributed by atoms with van der Waals surface area (Å²) in [6, 6.07) is 6.25. The summed E-state index contributed by atoms with van der Waals surface area (Å²) in [6.07, 6.45) is 5.03. The molecule has 0 bridgehead atoms. The number of aromatic nitrogens is 2. The molecule has 1 saturated heterocycles. The normalized spacial score (nSPS) is 17.0. The Balaban J connectivity index is 1.52. The van der Waals surface area contributed by atoms with Crippen LogP contribution in [0.1, 0.15) is 27.0 Å². The second-order valence-electron chi connectivity index (χ2n) is 6.30. The first kappa shape index (κ1) is 16.7. The number of thioether (sulfide) groups is 2. The molecule has 0 spiro atoms. The monoisotopic (exact) mass is 402 g/mol. The minimum atomic E-state index is 0.490. The first-order valence-corrected chi connectivity index (χ1v) is 11.6. The van der Waals surface area contributed by atoms with E-state index in [0.29, 0.717) is 16.2 Å². The molecule has 0 atom stereocenters. The molecule has 7 heteroatoms. The van der Waals surface area contributed by atoms with Gasteiger partial charge in [-0.25, -0.2) is 9.97 Å². The summed E-state index contributed by atoms with van der Waals surface area (Å²) in [5.74, 6) is 4.53. The molecule has 4 nitrogen and oxygen atoms in total. The molecule has 1 fully saturated rings. The molecule has 5 rings (SSSR count). The van der Waals surface area contributed by atoms with Crippen molar-refractivity contribution in [3.63, 3.8) is 0 Å². The highest BCUT2D eigenvalue weighted by atomic mass is 32.2. The molecule has 0 unspecified atom stereocenters. The van der Waals surface area contributed by atoms with E-state index in [1.54, 1.807) is 24.8 Å². The topological polar surface area (TPSA) is 44.2 Å². The van der Waals surface area contributed by atoms with E-state index in [0.717, 1.165) is 28.8 Å². The van der Waals surface area contributed by atoms with Gasteiger partial charge in [-0.05, 0) is 42.5 Å². The number of nitrogens with zero attached hydrogens (tertiary/aromatic N) is 2. The van der Waals surface area contributed by atoms with Crippen molar-refractivity contribution in [1.29, 1.82) is 0 Å². The predicted molar refractivity (Wildman–Crippen MR) is 110 cm³/mol. The van der Waals surface area contributed by atoms with Crippen molar-refractivity contribution in [3.8, 4) is 17.4 Å². The van der Waals surface area contributed by atoms with Crippen LogP contribution in [0.4, 0.5) is 0 Å². The molecule has 0 saturated carbocycles. The van der Waals surface area contributed by atoms with Gasteiger partial charge in [0.15, 0.2) is 11.5 Å². The van der Waals surface area contributed by atoms with E-state index >= 15 is 0 Å². The van der Waals surface area contributed by atoms with Crippen molar-refractivity contribution in [2.45, 2.75) is 23.8 Å². The third-order valence-electron chi connectivity index (χ3n) is 4.75. The standard InChI is InChI=1S/C19H18N2O2S3/c1-22-14-9-11(19-24-7-8-25-19)5-6-13(14)23-17-16-12-3-2-4-15(12)26-18(16)21-10-20-17/h5-6,9-10,19H,2-4,7-8H2,1H3. The van der Waals surface area contributed by atoms with Gasteiger partial charge in [-0.15, -0.1) is 34.9 Å². The molecule has 1 aliphatic heterocycles. The van der Waals surface area contributed by atoms with E-state index in [-0.39, 0.29) is 0 Å². The number of fused-ring (bicyclic) bond motifs is 3. The number of thiophene rings is 1. The quantitative estimate of drug-likeness (QED) is 0.577. The Hall–Kier alpha value is -1.44. The van der Waals surface area contributed by atoms with E-state index in [1.165, 1.54) is 33.9 Å². The van der Waals surface area contributed by atoms with E-state index in [1.807, 2.05) is 29.6 Å². The summed E-state index contributed by atoms with van der Waals surface area (Å²) in [7, 11) is 1.69. The number of aryl methyl sites for hydroxylation is 2. The van der Waals surface area contributed by atoms with Gasteiger partial charge in [0.25, 0.3) is 0 Å². The molecule has 0 radical (unpaired) electrons. The molecule has 134 valence electrons. The second kappa shape index (κ2) is 6.94. The molecule has 0 amide bonds. The molecule has 1 aromatic carbocycles. The summed E-state index contributed by atoms with van der Waals surface area (Å²) in [4.78, 5) is 11.3. The van der Waals surface area contributed by atoms with Crippen LogP contribution in [-0.4, -0.2) is 28.6 Å². The van der Waals surface area contributed by atoms with Crippen molar-refractivity contribution in [1.82, 2.24) is 9.97 Å². The summed E-state index contributed by atoms with van der Waals surface area (Å²) < 4.78 is 12.3. The van der Waals surface area contributed by atoms with Crippen molar-refractivity contribution in [3.05, 3.63) is 40.5 Å². The number of hydrogen-bond donors (Lipinski definition) is 0. The van der Waals surface area contributed by atoms with Crippen molar-refractivity contribution < 1.29 is 9.47 Å². The van der Waals surface area contributed by atoms with Gasteiger partial charge in [0.1, 0.15) is 11.2 Å². The maximum Gasteiger partial charge on any atom is 0.231 e. The lowest BCUT2D eigenvalue weighted by molar-refractivity contribution is 0.375. The van der Waals surface area contributed by atoms with Gasteiger partial charge in [-0.2, -0.15) is 0 Å². The van der Waals surface area contributed by atoms with Gasteiger partial charge in [-0.3, -0.25) is 0 Å². The Morgan fingerprint density at radius 3 is 2.81 bits per heavy atom. The van der Waals surface area contributed by atoms with E-state index in [4.69, 9.17) is 9.47 Å². The zero-order valence-corrected chi connectivity index (χ0v) is 16.8. The van der Waals surface area contributed by atoms with Gasteiger partial charge in [0, 0.05) is 16.4 Å². The Morgan fingerprint density at radius 2 is 1.96 bits per heavy atom. The zero-order valence-electron chi connectivity index (χ0n) is 14.4. The molecule has 2 aromatic heterocycles. The highest BCUT2D eigenvalue weighted by Gasteiger charge is 2.24. The van der Waals surface area contributed by atoms with Crippen molar-refractivity contribution >= 4 is 45.1 Å². The molecule has 3 aromatic rings. The maximum atomic E-state index is 6.23. The fourth-order valence-electron chi connectivity index (χ4n) is 3.55. The fraction of sp³-hybridized carbons (Fsp3) is 0.368. The fourth-order valence-corrected chi connectivity index (χ4v) is 7.60. The van der Waals surface area contributed by atoms with Crippen LogP contribution in [0.3, 0.4) is 0 Å². The van der Waals surface area contributed by atoms with Gasteiger partial charge in [-0.1, -0.05) is 6.07 Å². The lowest BCUT2D eigenvalue weighted by Gasteiger charge is -2.14. The predicted octanol–water partition coefficient (Wildman–Crippen LogP) is 5.46. The molecule has 1 aliphatic carbocycles. The second-order valence-corrected chi connectivity index (χ2v) is 10.1. The van der Waals surface area contributed by atoms with E-state index in [2.05, 4.69) is 22.1 Å². The van der Waals surface area contributed by atoms with Gasteiger partial charge in [0.05, 0.1) is 17.1 Å². The maximum absolute atomic E-state index is 6.23. The van der Waals surface area contributed by atoms with Crippen LogP contribution in [0.5, 0.6) is 17.4 Å². The molecule has 3 heterocycles. The van der Waals surface area contributed by atoms with Crippen LogP contribution in [-0.2, 0) is 12.8 Å². The zero-order chi connectivity index (χ0) is 17.5. The minimum Gasteiger partial charge on any atom is -0.493 e. The highest BCUT2D eigenvalue weighted by molar-refractivity contribution is 8.19. The van der Waals surface area contributed by atoms with Crippen LogP contribution >= 0.6 is 34.9 Å². The lowest BCUT2D eigenvalue weighted by atomic mass is 10.2. The summed E-state index contributed by atoms with van der Waals surface area (Å²) >= 11 is 5.75. The van der Waals surface area contributed by atoms with E-state index in [9.17, 15) is 0 Å². The van der Waals surface area contributed by atoms with Crippen LogP contribution in [0, 0.1) is 0 Å². The first-order chi connectivity index (χ1) is 12.8. The first-order valence-electron chi connectivity index (χ1n) is 8.68. The van der Waals surface area contributed by atoms with Gasteiger partial charge >= 0.3 is 0 Å². The third-order valence-corrected chi connectivity index (χ3v) is 9.06. The average molecular weight is 403 g/mol. The Kier molecular flexibility index (Phi) is 4.46. The van der Waals surface area contributed by atoms with Crippen molar-refractivity contribution in [2.75, 3.05) is 18.6 Å². The molecular weight excluding hydrogens is 384 g/mol. The molecular formula is C19H18N2O2S3. The SMILES string of the molecule is COc1cc(C2SCCS2)ccc1Oc1ncnc2sc3c(c12)CCC3. The van der Waals surface area contributed by atoms with Crippen molar-refractivity contribution in [2.24, 2.45) is 0 Å². The Labute approximate surface area is 164 Å². The molecule has 0 N–H and O–H groups in total. The van der Waals surface area contributed by atoms with E-state index < -0.39 is 0 Å². The lowest BCUT2D eigenvalue weighted by Crippen LogP contribution is -1.96. The smallest absolute Gasteiger partial charge is 0.231 e. The van der Waals surface area contributed by atoms with Crippen LogP contribution in [0.25, 0.3) is 10.2 Å². The average Bonchev–Trinajstić information content (AvgIpc) is 3.39. The van der Waals surface area contributed by atoms with Gasteiger partial charge < -0.3 is 9.47 Å². The molecule has 2 aliphatic rings. The number of benzene rings is 1. The summed E-state index contributed by atoms with van der Waals surface area (Å²) in [6.45, 7) is 0.